The Morgan fingerprint density at radius 1 is 1.17 bits per heavy atom. The summed E-state index contributed by atoms with van der Waals surface area (Å²) in [5.74, 6) is -2.40. The van der Waals surface area contributed by atoms with Crippen LogP contribution in [-0.2, 0) is 14.4 Å². The van der Waals surface area contributed by atoms with Crippen LogP contribution in [0.5, 0.6) is 0 Å². The normalized spacial score (nSPS) is 12.3. The van der Waals surface area contributed by atoms with Crippen LogP contribution in [0.3, 0.4) is 0 Å². The fourth-order valence-corrected chi connectivity index (χ4v) is 1.68. The zero-order chi connectivity index (χ0) is 17.2. The molecule has 1 atom stereocenters. The first-order valence-electron chi connectivity index (χ1n) is 6.90. The predicted octanol–water partition coefficient (Wildman–Crippen LogP) is 0.673. The molecule has 1 aromatic carbocycles. The zero-order valence-corrected chi connectivity index (χ0v) is 12.4. The maximum atomic E-state index is 11.6. The fraction of sp³-hybridized carbons (Fsp3) is 0.188. The lowest BCUT2D eigenvalue weighted by Crippen LogP contribution is -2.40. The van der Waals surface area contributed by atoms with Gasteiger partial charge in [-0.15, -0.1) is 0 Å². The number of allylic oxidation sites excluding steroid dienone is 2. The maximum absolute atomic E-state index is 11.6. The number of carboxylic acids is 1. The van der Waals surface area contributed by atoms with Gasteiger partial charge in [-0.2, -0.15) is 0 Å². The van der Waals surface area contributed by atoms with E-state index in [1.165, 1.54) is 12.2 Å². The summed E-state index contributed by atoms with van der Waals surface area (Å²) < 4.78 is 0. The summed E-state index contributed by atoms with van der Waals surface area (Å²) in [6.45, 7) is 0. The van der Waals surface area contributed by atoms with Gasteiger partial charge in [0.05, 0.1) is 0 Å². The highest BCUT2D eigenvalue weighted by molar-refractivity contribution is 5.91. The van der Waals surface area contributed by atoms with Gasteiger partial charge in [0, 0.05) is 18.2 Å². The predicted molar refractivity (Wildman–Crippen MR) is 87.0 cm³/mol. The van der Waals surface area contributed by atoms with Gasteiger partial charge in [-0.25, -0.2) is 4.79 Å². The first kappa shape index (κ1) is 18.0. The first-order chi connectivity index (χ1) is 10.9. The summed E-state index contributed by atoms with van der Waals surface area (Å²) in [4.78, 5) is 33.3. The molecule has 2 amide bonds. The molecule has 0 fully saturated rings. The van der Waals surface area contributed by atoms with Gasteiger partial charge in [-0.3, -0.25) is 9.59 Å². The molecule has 0 spiro atoms. The Labute approximate surface area is 133 Å². The van der Waals surface area contributed by atoms with Crippen LogP contribution in [0.4, 0.5) is 5.69 Å². The molecule has 0 aromatic heterocycles. The molecule has 0 saturated carbocycles. The van der Waals surface area contributed by atoms with E-state index in [2.05, 4.69) is 5.32 Å². The number of primary amides is 1. The van der Waals surface area contributed by atoms with Crippen LogP contribution in [0, 0.1) is 0 Å². The van der Waals surface area contributed by atoms with E-state index in [-0.39, 0.29) is 12.8 Å². The van der Waals surface area contributed by atoms with Crippen molar-refractivity contribution in [2.24, 2.45) is 5.73 Å². The number of nitrogen functional groups attached to an aromatic ring is 1. The van der Waals surface area contributed by atoms with E-state index in [0.29, 0.717) is 5.69 Å². The second-order valence-corrected chi connectivity index (χ2v) is 4.79. The van der Waals surface area contributed by atoms with Crippen LogP contribution in [0.2, 0.25) is 0 Å². The number of amides is 2. The molecule has 1 aromatic rings. The van der Waals surface area contributed by atoms with Crippen LogP contribution in [0.1, 0.15) is 18.4 Å². The highest BCUT2D eigenvalue weighted by Gasteiger charge is 2.19. The topological polar surface area (TPSA) is 136 Å². The molecule has 0 saturated heterocycles. The summed E-state index contributed by atoms with van der Waals surface area (Å²) in [5.41, 5.74) is 12.1. The molecule has 23 heavy (non-hydrogen) atoms. The third-order valence-corrected chi connectivity index (χ3v) is 2.88. The number of aliphatic carboxylic acids is 1. The molecule has 0 bridgehead atoms. The largest absolute Gasteiger partial charge is 0.480 e. The molecular formula is C16H19N3O4. The number of carbonyl (C=O) groups excluding carboxylic acids is 2. The van der Waals surface area contributed by atoms with Crippen molar-refractivity contribution in [3.63, 3.8) is 0 Å². The molecular weight excluding hydrogens is 298 g/mol. The van der Waals surface area contributed by atoms with Gasteiger partial charge < -0.3 is 21.9 Å². The molecule has 0 heterocycles. The smallest absolute Gasteiger partial charge is 0.326 e. The number of carbonyl (C=O) groups is 3. The van der Waals surface area contributed by atoms with Gasteiger partial charge in [0.2, 0.25) is 11.8 Å². The molecule has 0 aliphatic heterocycles. The summed E-state index contributed by atoms with van der Waals surface area (Å²) in [5, 5.41) is 11.3. The Kier molecular flexibility index (Phi) is 7.06. The fourth-order valence-electron chi connectivity index (χ4n) is 1.68. The number of hydrogen-bond donors (Lipinski definition) is 4. The number of hydrogen-bond acceptors (Lipinski definition) is 4. The number of rotatable bonds is 8. The van der Waals surface area contributed by atoms with Crippen LogP contribution in [-0.4, -0.2) is 28.9 Å². The van der Waals surface area contributed by atoms with Gasteiger partial charge in [-0.1, -0.05) is 30.4 Å². The molecule has 0 unspecified atom stereocenters. The highest BCUT2D eigenvalue weighted by Crippen LogP contribution is 2.06. The second-order valence-electron chi connectivity index (χ2n) is 4.79. The molecule has 6 N–H and O–H groups in total. The van der Waals surface area contributed by atoms with Crippen molar-refractivity contribution in [1.29, 1.82) is 0 Å². The van der Waals surface area contributed by atoms with Gasteiger partial charge in [0.15, 0.2) is 0 Å². The average Bonchev–Trinajstić information content (AvgIpc) is 2.49. The average molecular weight is 317 g/mol. The lowest BCUT2D eigenvalue weighted by Gasteiger charge is -2.11. The first-order valence-corrected chi connectivity index (χ1v) is 6.90. The Hall–Kier alpha value is -3.09. The second kappa shape index (κ2) is 9.04. The SMILES string of the molecule is NC(=O)CC[C@H](NC(=O)/C=C/C=C/c1ccc(N)cc1)C(=O)O. The number of anilines is 1. The van der Waals surface area contributed by atoms with Gasteiger partial charge in [0.25, 0.3) is 0 Å². The number of nitrogens with two attached hydrogens (primary N) is 2. The monoisotopic (exact) mass is 317 g/mol. The minimum Gasteiger partial charge on any atom is -0.480 e. The van der Waals surface area contributed by atoms with Gasteiger partial charge >= 0.3 is 5.97 Å². The van der Waals surface area contributed by atoms with Crippen LogP contribution >= 0.6 is 0 Å². The van der Waals surface area contributed by atoms with E-state index in [0.717, 1.165) is 5.56 Å². The number of carboxylic acid groups (broad SMARTS) is 1. The molecule has 0 radical (unpaired) electrons. The summed E-state index contributed by atoms with van der Waals surface area (Å²) in [6.07, 6.45) is 5.94. The quantitative estimate of drug-likeness (QED) is 0.317. The zero-order valence-electron chi connectivity index (χ0n) is 12.4. The minimum absolute atomic E-state index is 0.0501. The van der Waals surface area contributed by atoms with Crippen molar-refractivity contribution in [2.75, 3.05) is 5.73 Å². The van der Waals surface area contributed by atoms with Crippen molar-refractivity contribution < 1.29 is 19.5 Å². The van der Waals surface area contributed by atoms with Crippen LogP contribution < -0.4 is 16.8 Å². The lowest BCUT2D eigenvalue weighted by molar-refractivity contribution is -0.141. The van der Waals surface area contributed by atoms with Crippen molar-refractivity contribution in [1.82, 2.24) is 5.32 Å². The van der Waals surface area contributed by atoms with Gasteiger partial charge in [-0.05, 0) is 24.1 Å². The van der Waals surface area contributed by atoms with Crippen LogP contribution in [0.25, 0.3) is 6.08 Å². The molecule has 7 heteroatoms. The summed E-state index contributed by atoms with van der Waals surface area (Å²) in [6, 6.07) is 6.01. The van der Waals surface area contributed by atoms with E-state index in [9.17, 15) is 14.4 Å². The number of nitrogens with one attached hydrogen (secondary N) is 1. The third kappa shape index (κ3) is 7.47. The van der Waals surface area contributed by atoms with E-state index in [4.69, 9.17) is 16.6 Å². The minimum atomic E-state index is -1.22. The molecule has 122 valence electrons. The Morgan fingerprint density at radius 2 is 1.83 bits per heavy atom. The van der Waals surface area contributed by atoms with Crippen LogP contribution in [0.15, 0.2) is 42.5 Å². The molecule has 0 aliphatic rings. The van der Waals surface area contributed by atoms with Crippen molar-refractivity contribution >= 4 is 29.5 Å². The Bertz CT molecular complexity index is 621. The molecule has 7 nitrogen and oxygen atoms in total. The van der Waals surface area contributed by atoms with Crippen molar-refractivity contribution in [2.45, 2.75) is 18.9 Å². The van der Waals surface area contributed by atoms with Gasteiger partial charge in [0.1, 0.15) is 6.04 Å². The van der Waals surface area contributed by atoms with Crippen molar-refractivity contribution in [3.05, 3.63) is 48.1 Å². The molecule has 1 rings (SSSR count). The summed E-state index contributed by atoms with van der Waals surface area (Å²) in [7, 11) is 0. The Morgan fingerprint density at radius 3 is 2.39 bits per heavy atom. The summed E-state index contributed by atoms with van der Waals surface area (Å²) >= 11 is 0. The molecule has 0 aliphatic carbocycles. The number of benzene rings is 1. The standard InChI is InChI=1S/C16H19N3O4/c17-12-7-5-11(6-8-12)3-1-2-4-15(21)19-13(16(22)23)9-10-14(18)20/h1-8,13H,9-10,17H2,(H2,18,20)(H,19,21)(H,22,23)/b3-1+,4-2+/t13-/m0/s1. The third-order valence-electron chi connectivity index (χ3n) is 2.88. The lowest BCUT2D eigenvalue weighted by atomic mass is 10.1. The van der Waals surface area contributed by atoms with Crippen molar-refractivity contribution in [3.8, 4) is 0 Å². The highest BCUT2D eigenvalue weighted by atomic mass is 16.4. The Balaban J connectivity index is 2.51. The maximum Gasteiger partial charge on any atom is 0.326 e. The van der Waals surface area contributed by atoms with E-state index >= 15 is 0 Å². The van der Waals surface area contributed by atoms with E-state index in [1.54, 1.807) is 24.3 Å². The van der Waals surface area contributed by atoms with E-state index in [1.807, 2.05) is 12.1 Å². The van der Waals surface area contributed by atoms with E-state index < -0.39 is 23.8 Å².